The molecule has 0 aliphatic heterocycles. The molecular formula is C10H23N3OS. The minimum atomic E-state index is 0.213. The van der Waals surface area contributed by atoms with Gasteiger partial charge < -0.3 is 15.8 Å². The minimum absolute atomic E-state index is 0.213. The monoisotopic (exact) mass is 233 g/mol. The van der Waals surface area contributed by atoms with Crippen molar-refractivity contribution in [1.82, 2.24) is 5.32 Å². The number of thioether (sulfide) groups is 1. The van der Waals surface area contributed by atoms with Gasteiger partial charge in [0.1, 0.15) is 0 Å². The number of unbranched alkanes of at least 4 members (excludes halogenated alkanes) is 1. The highest BCUT2D eigenvalue weighted by atomic mass is 32.2. The Hall–Kier alpha value is -0.420. The van der Waals surface area contributed by atoms with Crippen LogP contribution in [0.1, 0.15) is 19.8 Å². The zero-order valence-corrected chi connectivity index (χ0v) is 10.8. The van der Waals surface area contributed by atoms with Crippen LogP contribution in [-0.2, 0) is 4.74 Å². The summed E-state index contributed by atoms with van der Waals surface area (Å²) >= 11 is 1.87. The van der Waals surface area contributed by atoms with Gasteiger partial charge in [-0.3, -0.25) is 4.99 Å². The summed E-state index contributed by atoms with van der Waals surface area (Å²) in [5, 5.41) is 3.07. The van der Waals surface area contributed by atoms with Crippen LogP contribution in [0.3, 0.4) is 0 Å². The first kappa shape index (κ1) is 14.6. The normalized spacial score (nSPS) is 13.9. The van der Waals surface area contributed by atoms with Crippen molar-refractivity contribution in [3.8, 4) is 0 Å². The molecule has 0 fully saturated rings. The molecule has 1 unspecified atom stereocenters. The van der Waals surface area contributed by atoms with Gasteiger partial charge in [-0.15, -0.1) is 0 Å². The smallest absolute Gasteiger partial charge is 0.188 e. The van der Waals surface area contributed by atoms with Gasteiger partial charge in [-0.1, -0.05) is 0 Å². The molecule has 90 valence electrons. The maximum Gasteiger partial charge on any atom is 0.188 e. The van der Waals surface area contributed by atoms with E-state index in [-0.39, 0.29) is 6.04 Å². The first-order valence-electron chi connectivity index (χ1n) is 5.25. The van der Waals surface area contributed by atoms with E-state index in [4.69, 9.17) is 10.5 Å². The van der Waals surface area contributed by atoms with Crippen LogP contribution < -0.4 is 11.1 Å². The van der Waals surface area contributed by atoms with Gasteiger partial charge in [0.05, 0.1) is 6.61 Å². The van der Waals surface area contributed by atoms with Gasteiger partial charge in [0.2, 0.25) is 0 Å². The molecule has 0 bridgehead atoms. The molecule has 0 aliphatic carbocycles. The van der Waals surface area contributed by atoms with Crippen molar-refractivity contribution in [2.24, 2.45) is 10.7 Å². The Kier molecular flexibility index (Phi) is 9.83. The van der Waals surface area contributed by atoms with Crippen LogP contribution in [-0.4, -0.2) is 44.3 Å². The summed E-state index contributed by atoms with van der Waals surface area (Å²) in [5.41, 5.74) is 5.70. The average molecular weight is 233 g/mol. The molecule has 0 aliphatic rings. The lowest BCUT2D eigenvalue weighted by atomic mass is 10.3. The second-order valence-corrected chi connectivity index (χ2v) is 4.45. The summed E-state index contributed by atoms with van der Waals surface area (Å²) in [5.74, 6) is 1.71. The van der Waals surface area contributed by atoms with E-state index in [1.165, 1.54) is 12.2 Å². The molecule has 0 heterocycles. The lowest BCUT2D eigenvalue weighted by molar-refractivity contribution is 0.179. The van der Waals surface area contributed by atoms with E-state index in [9.17, 15) is 0 Å². The largest absolute Gasteiger partial charge is 0.383 e. The van der Waals surface area contributed by atoms with Gasteiger partial charge in [-0.25, -0.2) is 0 Å². The minimum Gasteiger partial charge on any atom is -0.383 e. The summed E-state index contributed by atoms with van der Waals surface area (Å²) in [4.78, 5) is 4.24. The van der Waals surface area contributed by atoms with Crippen LogP contribution in [0.15, 0.2) is 4.99 Å². The molecule has 0 radical (unpaired) electrons. The zero-order chi connectivity index (χ0) is 11.5. The van der Waals surface area contributed by atoms with Gasteiger partial charge in [0, 0.05) is 19.7 Å². The standard InChI is InChI=1S/C10H23N3OS/c1-9(8-14-2)13-10(11)12-6-4-5-7-15-3/h9H,4-8H2,1-3H3,(H3,11,12,13). The number of nitrogens with zero attached hydrogens (tertiary/aromatic N) is 1. The maximum atomic E-state index is 5.70. The van der Waals surface area contributed by atoms with Gasteiger partial charge in [0.15, 0.2) is 5.96 Å². The lowest BCUT2D eigenvalue weighted by Crippen LogP contribution is -2.40. The first-order valence-corrected chi connectivity index (χ1v) is 6.64. The Labute approximate surface area is 97.0 Å². The molecule has 0 amide bonds. The molecule has 0 aromatic carbocycles. The van der Waals surface area contributed by atoms with E-state index < -0.39 is 0 Å². The Morgan fingerprint density at radius 2 is 2.27 bits per heavy atom. The molecule has 0 aromatic rings. The highest BCUT2D eigenvalue weighted by Gasteiger charge is 2.00. The molecule has 0 saturated carbocycles. The predicted molar refractivity (Wildman–Crippen MR) is 68.6 cm³/mol. The third-order valence-corrected chi connectivity index (χ3v) is 2.55. The van der Waals surface area contributed by atoms with Crippen LogP contribution in [0.2, 0.25) is 0 Å². The second kappa shape index (κ2) is 10.1. The fraction of sp³-hybridized carbons (Fsp3) is 0.900. The highest BCUT2D eigenvalue weighted by Crippen LogP contribution is 1.98. The van der Waals surface area contributed by atoms with Crippen molar-refractivity contribution in [2.45, 2.75) is 25.8 Å². The number of guanidine groups is 1. The Morgan fingerprint density at radius 3 is 2.87 bits per heavy atom. The molecule has 0 rings (SSSR count). The number of nitrogens with one attached hydrogen (secondary N) is 1. The van der Waals surface area contributed by atoms with E-state index in [0.29, 0.717) is 12.6 Å². The van der Waals surface area contributed by atoms with E-state index in [2.05, 4.69) is 16.6 Å². The zero-order valence-electron chi connectivity index (χ0n) is 9.95. The molecular weight excluding hydrogens is 210 g/mol. The number of aliphatic imine (C=N–C) groups is 1. The predicted octanol–water partition coefficient (Wildman–Crippen LogP) is 1.07. The van der Waals surface area contributed by atoms with E-state index in [0.717, 1.165) is 13.0 Å². The highest BCUT2D eigenvalue weighted by molar-refractivity contribution is 7.98. The fourth-order valence-electron chi connectivity index (χ4n) is 1.15. The average Bonchev–Trinajstić information content (AvgIpc) is 2.17. The van der Waals surface area contributed by atoms with Crippen molar-refractivity contribution in [2.75, 3.05) is 32.3 Å². The van der Waals surface area contributed by atoms with Crippen LogP contribution in [0, 0.1) is 0 Å². The number of hydrogen-bond acceptors (Lipinski definition) is 3. The molecule has 0 spiro atoms. The van der Waals surface area contributed by atoms with Crippen LogP contribution in [0.25, 0.3) is 0 Å². The van der Waals surface area contributed by atoms with Crippen molar-refractivity contribution in [1.29, 1.82) is 0 Å². The third-order valence-electron chi connectivity index (χ3n) is 1.85. The Morgan fingerprint density at radius 1 is 1.53 bits per heavy atom. The second-order valence-electron chi connectivity index (χ2n) is 3.47. The van der Waals surface area contributed by atoms with Gasteiger partial charge in [-0.05, 0) is 31.8 Å². The van der Waals surface area contributed by atoms with Gasteiger partial charge >= 0.3 is 0 Å². The van der Waals surface area contributed by atoms with E-state index >= 15 is 0 Å². The number of hydrogen-bond donors (Lipinski definition) is 2. The molecule has 5 heteroatoms. The summed E-state index contributed by atoms with van der Waals surface area (Å²) < 4.78 is 4.99. The quantitative estimate of drug-likeness (QED) is 0.374. The van der Waals surface area contributed by atoms with Crippen molar-refractivity contribution in [3.63, 3.8) is 0 Å². The third kappa shape index (κ3) is 9.87. The SMILES string of the molecule is COCC(C)NC(N)=NCCCCSC. The fourth-order valence-corrected chi connectivity index (χ4v) is 1.64. The van der Waals surface area contributed by atoms with Crippen molar-refractivity contribution >= 4 is 17.7 Å². The molecule has 0 aromatic heterocycles. The molecule has 15 heavy (non-hydrogen) atoms. The topological polar surface area (TPSA) is 59.6 Å². The molecule has 1 atom stereocenters. The van der Waals surface area contributed by atoms with Gasteiger partial charge in [-0.2, -0.15) is 11.8 Å². The summed E-state index contributed by atoms with van der Waals surface area (Å²) in [6.45, 7) is 3.46. The Balaban J connectivity index is 3.51. The number of methoxy groups -OCH3 is 1. The van der Waals surface area contributed by atoms with Crippen LogP contribution in [0.5, 0.6) is 0 Å². The molecule has 0 saturated heterocycles. The maximum absolute atomic E-state index is 5.70. The Bertz CT molecular complexity index is 176. The van der Waals surface area contributed by atoms with Crippen LogP contribution in [0.4, 0.5) is 0 Å². The van der Waals surface area contributed by atoms with Crippen molar-refractivity contribution < 1.29 is 4.74 Å². The van der Waals surface area contributed by atoms with E-state index in [1.54, 1.807) is 7.11 Å². The van der Waals surface area contributed by atoms with Crippen LogP contribution >= 0.6 is 11.8 Å². The molecule has 3 N–H and O–H groups in total. The van der Waals surface area contributed by atoms with E-state index in [1.807, 2.05) is 18.7 Å². The summed E-state index contributed by atoms with van der Waals surface area (Å²) in [7, 11) is 1.67. The summed E-state index contributed by atoms with van der Waals surface area (Å²) in [6.07, 6.45) is 4.42. The lowest BCUT2D eigenvalue weighted by Gasteiger charge is -2.12. The number of ether oxygens (including phenoxy) is 1. The van der Waals surface area contributed by atoms with Gasteiger partial charge in [0.25, 0.3) is 0 Å². The number of nitrogens with two attached hydrogens (primary N) is 1. The van der Waals surface area contributed by atoms with Crippen molar-refractivity contribution in [3.05, 3.63) is 0 Å². The number of rotatable bonds is 8. The summed E-state index contributed by atoms with van der Waals surface area (Å²) in [6, 6.07) is 0.213. The first-order chi connectivity index (χ1) is 7.20. The molecule has 4 nitrogen and oxygen atoms in total.